The van der Waals surface area contributed by atoms with Gasteiger partial charge in [0, 0.05) is 22.5 Å². The number of nitrogens with one attached hydrogen (secondary N) is 1. The Kier molecular flexibility index (Phi) is 2.71. The second-order valence-electron chi connectivity index (χ2n) is 4.85. The van der Waals surface area contributed by atoms with Gasteiger partial charge in [-0.2, -0.15) is 0 Å². The van der Waals surface area contributed by atoms with E-state index in [1.54, 1.807) is 0 Å². The predicted molar refractivity (Wildman–Crippen MR) is 77.6 cm³/mol. The molecule has 3 aromatic rings. The second kappa shape index (κ2) is 4.39. The van der Waals surface area contributed by atoms with Crippen molar-refractivity contribution in [3.63, 3.8) is 0 Å². The first kappa shape index (κ1) is 11.7. The average molecular weight is 249 g/mol. The molecule has 0 amide bonds. The Morgan fingerprint density at radius 3 is 2.42 bits per heavy atom. The molecule has 0 aliphatic rings. The number of carbonyl (C=O) groups is 1. The van der Waals surface area contributed by atoms with Crippen molar-refractivity contribution in [1.82, 2.24) is 4.98 Å². The number of H-pyrrole nitrogens is 1. The molecule has 2 heteroatoms. The summed E-state index contributed by atoms with van der Waals surface area (Å²) in [5.74, 6) is 0.0821. The molecule has 2 nitrogen and oxygen atoms in total. The van der Waals surface area contributed by atoms with E-state index in [9.17, 15) is 4.79 Å². The third kappa shape index (κ3) is 1.95. The molecule has 0 aliphatic carbocycles. The third-order valence-electron chi connectivity index (χ3n) is 3.43. The van der Waals surface area contributed by atoms with Gasteiger partial charge in [0.15, 0.2) is 5.78 Å². The first-order chi connectivity index (χ1) is 9.16. The van der Waals surface area contributed by atoms with Gasteiger partial charge in [-0.3, -0.25) is 4.79 Å². The Labute approximate surface area is 112 Å². The lowest BCUT2D eigenvalue weighted by molar-refractivity contribution is 0.104. The van der Waals surface area contributed by atoms with Crippen LogP contribution in [0.3, 0.4) is 0 Å². The molecule has 0 spiro atoms. The van der Waals surface area contributed by atoms with Crippen LogP contribution in [0.1, 0.15) is 27.3 Å². The highest BCUT2D eigenvalue weighted by Gasteiger charge is 2.15. The molecule has 1 heterocycles. The van der Waals surface area contributed by atoms with E-state index in [2.05, 4.69) is 4.98 Å². The van der Waals surface area contributed by atoms with Crippen LogP contribution in [0, 0.1) is 13.8 Å². The topological polar surface area (TPSA) is 32.9 Å². The number of carbonyl (C=O) groups excluding carboxylic acids is 1. The summed E-state index contributed by atoms with van der Waals surface area (Å²) in [6.45, 7) is 3.90. The summed E-state index contributed by atoms with van der Waals surface area (Å²) in [7, 11) is 0. The Hall–Kier alpha value is -2.35. The van der Waals surface area contributed by atoms with E-state index in [1.165, 1.54) is 0 Å². The van der Waals surface area contributed by atoms with Crippen molar-refractivity contribution in [2.75, 3.05) is 0 Å². The summed E-state index contributed by atoms with van der Waals surface area (Å²) in [5, 5.41) is 2.10. The Morgan fingerprint density at radius 1 is 0.947 bits per heavy atom. The fourth-order valence-corrected chi connectivity index (χ4v) is 2.53. The number of aromatic amines is 1. The summed E-state index contributed by atoms with van der Waals surface area (Å²) in [6, 6.07) is 15.8. The predicted octanol–water partition coefficient (Wildman–Crippen LogP) is 4.02. The molecule has 0 saturated carbocycles. The minimum absolute atomic E-state index is 0.0821. The number of aromatic nitrogens is 1. The number of ketones is 1. The highest BCUT2D eigenvalue weighted by atomic mass is 16.1. The molecule has 94 valence electrons. The van der Waals surface area contributed by atoms with Crippen LogP contribution >= 0.6 is 0 Å². The molecule has 0 fully saturated rings. The summed E-state index contributed by atoms with van der Waals surface area (Å²) in [4.78, 5) is 15.9. The van der Waals surface area contributed by atoms with E-state index in [1.807, 2.05) is 62.4 Å². The minimum Gasteiger partial charge on any atom is -0.362 e. The molecular weight excluding hydrogens is 234 g/mol. The van der Waals surface area contributed by atoms with Gasteiger partial charge < -0.3 is 4.98 Å². The van der Waals surface area contributed by atoms with Crippen molar-refractivity contribution >= 4 is 16.6 Å². The number of rotatable bonds is 2. The number of fused-ring (bicyclic) bond motifs is 1. The van der Waals surface area contributed by atoms with Gasteiger partial charge in [0.05, 0.1) is 0 Å². The molecule has 3 rings (SSSR count). The molecule has 19 heavy (non-hydrogen) atoms. The van der Waals surface area contributed by atoms with Gasteiger partial charge in [-0.05, 0) is 30.7 Å². The molecule has 1 aromatic heterocycles. The number of aryl methyl sites for hydroxylation is 2. The fraction of sp³-hybridized carbons (Fsp3) is 0.118. The van der Waals surface area contributed by atoms with Crippen molar-refractivity contribution in [2.45, 2.75) is 13.8 Å². The van der Waals surface area contributed by atoms with Crippen LogP contribution in [-0.2, 0) is 0 Å². The summed E-state index contributed by atoms with van der Waals surface area (Å²) < 4.78 is 0. The molecule has 2 aromatic carbocycles. The lowest BCUT2D eigenvalue weighted by Crippen LogP contribution is -2.02. The van der Waals surface area contributed by atoms with Gasteiger partial charge in [-0.25, -0.2) is 0 Å². The van der Waals surface area contributed by atoms with Crippen LogP contribution in [0.15, 0.2) is 48.5 Å². The zero-order valence-electron chi connectivity index (χ0n) is 11.0. The quantitative estimate of drug-likeness (QED) is 0.684. The summed E-state index contributed by atoms with van der Waals surface area (Å²) in [6.07, 6.45) is 0. The zero-order valence-corrected chi connectivity index (χ0v) is 11.0. The van der Waals surface area contributed by atoms with Crippen LogP contribution < -0.4 is 0 Å². The molecule has 0 atom stereocenters. The molecule has 1 N–H and O–H groups in total. The maximum Gasteiger partial charge on any atom is 0.195 e. The van der Waals surface area contributed by atoms with Crippen molar-refractivity contribution in [3.8, 4) is 0 Å². The maximum atomic E-state index is 12.7. The molecule has 0 radical (unpaired) electrons. The van der Waals surface area contributed by atoms with Crippen molar-refractivity contribution in [3.05, 3.63) is 71.0 Å². The van der Waals surface area contributed by atoms with Crippen molar-refractivity contribution in [1.29, 1.82) is 0 Å². The van der Waals surface area contributed by atoms with Gasteiger partial charge in [0.2, 0.25) is 0 Å². The smallest absolute Gasteiger partial charge is 0.195 e. The molecule has 0 unspecified atom stereocenters. The number of hydrogen-bond donors (Lipinski definition) is 1. The van der Waals surface area contributed by atoms with Gasteiger partial charge in [0.1, 0.15) is 0 Å². The molecular formula is C17H15NO. The highest BCUT2D eigenvalue weighted by molar-refractivity contribution is 6.16. The minimum atomic E-state index is 0.0821. The monoisotopic (exact) mass is 249 g/mol. The Morgan fingerprint density at radius 2 is 1.68 bits per heavy atom. The third-order valence-corrected chi connectivity index (χ3v) is 3.43. The average Bonchev–Trinajstić information content (AvgIpc) is 2.76. The van der Waals surface area contributed by atoms with E-state index in [0.717, 1.165) is 33.3 Å². The first-order valence-electron chi connectivity index (χ1n) is 6.35. The van der Waals surface area contributed by atoms with Crippen LogP contribution in [0.2, 0.25) is 0 Å². The summed E-state index contributed by atoms with van der Waals surface area (Å²) >= 11 is 0. The van der Waals surface area contributed by atoms with Gasteiger partial charge in [0.25, 0.3) is 0 Å². The van der Waals surface area contributed by atoms with E-state index >= 15 is 0 Å². The lowest BCUT2D eigenvalue weighted by Gasteiger charge is -2.05. The van der Waals surface area contributed by atoms with Gasteiger partial charge >= 0.3 is 0 Å². The maximum absolute atomic E-state index is 12.7. The van der Waals surface area contributed by atoms with Crippen LogP contribution in [0.5, 0.6) is 0 Å². The van der Waals surface area contributed by atoms with E-state index < -0.39 is 0 Å². The van der Waals surface area contributed by atoms with E-state index in [0.29, 0.717) is 0 Å². The van der Waals surface area contributed by atoms with Crippen molar-refractivity contribution in [2.24, 2.45) is 0 Å². The number of hydrogen-bond acceptors (Lipinski definition) is 1. The molecule has 0 aliphatic heterocycles. The van der Waals surface area contributed by atoms with Crippen LogP contribution in [0.25, 0.3) is 10.8 Å². The van der Waals surface area contributed by atoms with Crippen molar-refractivity contribution < 1.29 is 4.79 Å². The first-order valence-corrected chi connectivity index (χ1v) is 6.35. The van der Waals surface area contributed by atoms with E-state index in [-0.39, 0.29) is 5.78 Å². The molecule has 0 saturated heterocycles. The molecule has 0 bridgehead atoms. The van der Waals surface area contributed by atoms with E-state index in [4.69, 9.17) is 0 Å². The van der Waals surface area contributed by atoms with Crippen LogP contribution in [-0.4, -0.2) is 10.8 Å². The van der Waals surface area contributed by atoms with Gasteiger partial charge in [-0.15, -0.1) is 0 Å². The Balaban J connectivity index is 2.19. The largest absolute Gasteiger partial charge is 0.362 e. The lowest BCUT2D eigenvalue weighted by atomic mass is 9.97. The zero-order chi connectivity index (χ0) is 13.4. The van der Waals surface area contributed by atoms with Crippen LogP contribution in [0.4, 0.5) is 0 Å². The summed E-state index contributed by atoms with van der Waals surface area (Å²) in [5.41, 5.74) is 3.46. The second-order valence-corrected chi connectivity index (χ2v) is 4.85. The normalized spacial score (nSPS) is 10.8. The standard InChI is InChI=1S/C17H15NO/c1-11-10-16(12(2)18-11)17(19)15-9-5-7-13-6-3-4-8-14(13)15/h3-10,18H,1-2H3. The highest BCUT2D eigenvalue weighted by Crippen LogP contribution is 2.23. The van der Waals surface area contributed by atoms with Gasteiger partial charge in [-0.1, -0.05) is 42.5 Å². The fourth-order valence-electron chi connectivity index (χ4n) is 2.53. The Bertz CT molecular complexity index is 763. The SMILES string of the molecule is Cc1cc(C(=O)c2cccc3ccccc23)c(C)[nH]1. The number of benzene rings is 2.